The molecule has 0 atom stereocenters. The van der Waals surface area contributed by atoms with E-state index >= 15 is 0 Å². The smallest absolute Gasteiger partial charge is 0.183 e. The van der Waals surface area contributed by atoms with Crippen LogP contribution in [0.25, 0.3) is 11.0 Å². The van der Waals surface area contributed by atoms with Crippen molar-refractivity contribution in [2.24, 2.45) is 0 Å². The van der Waals surface area contributed by atoms with Crippen molar-refractivity contribution in [2.75, 3.05) is 10.6 Å². The van der Waals surface area contributed by atoms with Crippen molar-refractivity contribution in [1.29, 1.82) is 0 Å². The Morgan fingerprint density at radius 3 is 1.79 bits per heavy atom. The molecule has 6 nitrogen and oxygen atoms in total. The van der Waals surface area contributed by atoms with E-state index in [0.717, 1.165) is 26.1 Å². The van der Waals surface area contributed by atoms with E-state index in [1.165, 1.54) is 0 Å². The summed E-state index contributed by atoms with van der Waals surface area (Å²) < 4.78 is 4.91. The minimum Gasteiger partial charge on any atom is -0.344 e. The number of rotatable bonds is 6. The van der Waals surface area contributed by atoms with Gasteiger partial charge in [-0.05, 0) is 24.4 Å². The fourth-order valence-corrected chi connectivity index (χ4v) is 3.86. The number of nitrogens with zero attached hydrogens (tertiary/aromatic N) is 4. The molecule has 0 saturated heterocycles. The Morgan fingerprint density at radius 2 is 1.38 bits per heavy atom. The van der Waals surface area contributed by atoms with Crippen molar-refractivity contribution in [1.82, 2.24) is 19.1 Å². The molecular weight excluding hydrogens is 360 g/mol. The molecule has 0 radical (unpaired) electrons. The molecule has 0 unspecified atom stereocenters. The van der Waals surface area contributed by atoms with Crippen LogP contribution in [0.2, 0.25) is 0 Å². The van der Waals surface area contributed by atoms with Gasteiger partial charge in [0, 0.05) is 23.2 Å². The zero-order chi connectivity index (χ0) is 16.4. The van der Waals surface area contributed by atoms with E-state index in [2.05, 4.69) is 41.9 Å². The predicted octanol–water partition coefficient (Wildman–Crippen LogP) is 4.22. The predicted molar refractivity (Wildman–Crippen MR) is 102 cm³/mol. The third-order valence-electron chi connectivity index (χ3n) is 3.57. The molecule has 0 amide bonds. The van der Waals surface area contributed by atoms with Crippen molar-refractivity contribution in [3.63, 3.8) is 0 Å². The summed E-state index contributed by atoms with van der Waals surface area (Å²) in [6.45, 7) is 1.16. The van der Waals surface area contributed by atoms with Gasteiger partial charge in [0.1, 0.15) is 0 Å². The normalized spacial score (nSPS) is 11.0. The number of hydrogen-bond acceptors (Lipinski definition) is 7. The summed E-state index contributed by atoms with van der Waals surface area (Å²) >= 11 is 8.84. The molecule has 9 heteroatoms. The van der Waals surface area contributed by atoms with Gasteiger partial charge < -0.3 is 10.6 Å². The van der Waals surface area contributed by atoms with Gasteiger partial charge in [-0.1, -0.05) is 12.1 Å². The number of thiazole rings is 2. The van der Waals surface area contributed by atoms with E-state index in [1.54, 1.807) is 35.1 Å². The lowest BCUT2D eigenvalue weighted by atomic mass is 10.3. The van der Waals surface area contributed by atoms with Gasteiger partial charge in [0.05, 0.1) is 24.4 Å². The van der Waals surface area contributed by atoms with Crippen LogP contribution in [0.5, 0.6) is 0 Å². The Balaban J connectivity index is 1.66. The van der Waals surface area contributed by atoms with Gasteiger partial charge in [0.15, 0.2) is 15.0 Å². The molecule has 0 aliphatic rings. The van der Waals surface area contributed by atoms with Crippen LogP contribution < -0.4 is 10.6 Å². The Kier molecular flexibility index (Phi) is 4.28. The van der Waals surface area contributed by atoms with E-state index in [4.69, 9.17) is 12.2 Å². The van der Waals surface area contributed by atoms with Crippen LogP contribution in [0.3, 0.4) is 0 Å². The zero-order valence-electron chi connectivity index (χ0n) is 12.5. The van der Waals surface area contributed by atoms with Gasteiger partial charge in [-0.2, -0.15) is 0 Å². The van der Waals surface area contributed by atoms with Crippen molar-refractivity contribution < 1.29 is 0 Å². The van der Waals surface area contributed by atoms with Gasteiger partial charge in [-0.15, -0.1) is 22.7 Å². The second-order valence-electron chi connectivity index (χ2n) is 4.97. The van der Waals surface area contributed by atoms with Gasteiger partial charge in [0.25, 0.3) is 0 Å². The van der Waals surface area contributed by atoms with Crippen molar-refractivity contribution >= 4 is 56.2 Å². The fourth-order valence-electron chi connectivity index (χ4n) is 2.49. The molecule has 0 aliphatic carbocycles. The monoisotopic (exact) mass is 374 g/mol. The molecule has 0 fully saturated rings. The Bertz CT molecular complexity index is 906. The molecule has 122 valence electrons. The summed E-state index contributed by atoms with van der Waals surface area (Å²) in [6, 6.07) is 8.20. The second-order valence-corrected chi connectivity index (χ2v) is 7.13. The third kappa shape index (κ3) is 2.93. The Labute approximate surface area is 151 Å². The van der Waals surface area contributed by atoms with Crippen molar-refractivity contribution in [3.8, 4) is 0 Å². The largest absolute Gasteiger partial charge is 0.344 e. The Morgan fingerprint density at radius 1 is 0.875 bits per heavy atom. The molecule has 3 aromatic heterocycles. The molecule has 0 spiro atoms. The van der Waals surface area contributed by atoms with Crippen LogP contribution in [0.4, 0.5) is 10.3 Å². The lowest BCUT2D eigenvalue weighted by Gasteiger charge is -2.06. The van der Waals surface area contributed by atoms with Crippen LogP contribution in [0.1, 0.15) is 0 Å². The summed E-state index contributed by atoms with van der Waals surface area (Å²) in [4.78, 5) is 8.50. The summed E-state index contributed by atoms with van der Waals surface area (Å²) in [6.07, 6.45) is 3.57. The van der Waals surface area contributed by atoms with Crippen LogP contribution in [-0.2, 0) is 13.3 Å². The van der Waals surface area contributed by atoms with Crippen molar-refractivity contribution in [3.05, 3.63) is 52.2 Å². The average molecular weight is 375 g/mol. The second kappa shape index (κ2) is 6.71. The highest BCUT2D eigenvalue weighted by Crippen LogP contribution is 2.20. The van der Waals surface area contributed by atoms with Crippen LogP contribution in [0, 0.1) is 4.77 Å². The molecule has 2 N–H and O–H groups in total. The van der Waals surface area contributed by atoms with Gasteiger partial charge in [-0.3, -0.25) is 9.13 Å². The van der Waals surface area contributed by atoms with Crippen LogP contribution in [-0.4, -0.2) is 19.1 Å². The van der Waals surface area contributed by atoms with Crippen molar-refractivity contribution in [2.45, 2.75) is 13.3 Å². The fraction of sp³-hybridized carbons (Fsp3) is 0.133. The maximum Gasteiger partial charge on any atom is 0.183 e. The summed E-state index contributed by atoms with van der Waals surface area (Å²) in [5.41, 5.74) is 2.18. The lowest BCUT2D eigenvalue weighted by Crippen LogP contribution is -2.11. The molecule has 4 aromatic rings. The van der Waals surface area contributed by atoms with E-state index in [9.17, 15) is 0 Å². The molecule has 3 heterocycles. The van der Waals surface area contributed by atoms with E-state index in [-0.39, 0.29) is 0 Å². The molecular formula is C15H14N6S3. The summed E-state index contributed by atoms with van der Waals surface area (Å²) in [7, 11) is 0. The SMILES string of the molecule is S=c1n(CNc2nccs2)c2ccccc2n1CNc1nccs1. The summed E-state index contributed by atoms with van der Waals surface area (Å²) in [5, 5.41) is 12.3. The molecule has 0 saturated carbocycles. The van der Waals surface area contributed by atoms with Gasteiger partial charge in [-0.25, -0.2) is 9.97 Å². The number of aromatic nitrogens is 4. The van der Waals surface area contributed by atoms with E-state index in [0.29, 0.717) is 13.3 Å². The third-order valence-corrected chi connectivity index (χ3v) is 5.47. The first-order valence-electron chi connectivity index (χ1n) is 7.28. The first-order chi connectivity index (χ1) is 11.8. The number of hydrogen-bond donors (Lipinski definition) is 2. The van der Waals surface area contributed by atoms with Crippen LogP contribution >= 0.6 is 34.9 Å². The zero-order valence-corrected chi connectivity index (χ0v) is 15.0. The number of fused-ring (bicyclic) bond motifs is 1. The summed E-state index contributed by atoms with van der Waals surface area (Å²) in [5.74, 6) is 0. The molecule has 24 heavy (non-hydrogen) atoms. The van der Waals surface area contributed by atoms with E-state index in [1.807, 2.05) is 22.9 Å². The number of nitrogens with one attached hydrogen (secondary N) is 2. The minimum absolute atomic E-state index is 0.580. The molecule has 0 aliphatic heterocycles. The standard InChI is InChI=1S/C15H14N6S3/c22-15-20(9-18-13-16-5-7-23-13)11-3-1-2-4-12(11)21(15)10-19-14-17-6-8-24-14/h1-8H,9-10H2,(H,16,18)(H,17,19). The first kappa shape index (κ1) is 15.3. The van der Waals surface area contributed by atoms with E-state index < -0.39 is 0 Å². The quantitative estimate of drug-likeness (QED) is 0.495. The lowest BCUT2D eigenvalue weighted by molar-refractivity contribution is 0.709. The first-order valence-corrected chi connectivity index (χ1v) is 9.44. The Hall–Kier alpha value is -2.23. The molecule has 1 aromatic carbocycles. The maximum absolute atomic E-state index is 5.69. The maximum atomic E-state index is 5.69. The highest BCUT2D eigenvalue weighted by molar-refractivity contribution is 7.71. The molecule has 0 bridgehead atoms. The number of benzene rings is 1. The van der Waals surface area contributed by atoms with Gasteiger partial charge in [0.2, 0.25) is 0 Å². The van der Waals surface area contributed by atoms with Crippen LogP contribution in [0.15, 0.2) is 47.4 Å². The molecule has 4 rings (SSSR count). The highest BCUT2D eigenvalue weighted by Gasteiger charge is 2.10. The highest BCUT2D eigenvalue weighted by atomic mass is 32.1. The number of para-hydroxylation sites is 2. The number of imidazole rings is 1. The van der Waals surface area contributed by atoms with Gasteiger partial charge >= 0.3 is 0 Å². The average Bonchev–Trinajstić information content (AvgIpc) is 3.33. The number of anilines is 2. The minimum atomic E-state index is 0.580. The topological polar surface area (TPSA) is 59.7 Å².